The minimum absolute atomic E-state index is 0.218. The van der Waals surface area contributed by atoms with Crippen molar-refractivity contribution in [3.8, 4) is 5.75 Å². The van der Waals surface area contributed by atoms with E-state index >= 15 is 0 Å². The Balaban J connectivity index is 3.50. The molecule has 1 rings (SSSR count). The Bertz CT molecular complexity index is 362. The lowest BCUT2D eigenvalue weighted by Gasteiger charge is -2.40. The molecular formula is C6H4F6OS. The van der Waals surface area contributed by atoms with Gasteiger partial charge >= 0.3 is 10.2 Å². The zero-order valence-corrected chi connectivity index (χ0v) is 7.17. The van der Waals surface area contributed by atoms with Gasteiger partial charge in [0, 0.05) is 12.1 Å². The third-order valence-electron chi connectivity index (χ3n) is 1.30. The first-order valence-electron chi connectivity index (χ1n) is 3.12. The Hall–Kier alpha value is -1.05. The molecule has 0 heterocycles. The van der Waals surface area contributed by atoms with Crippen LogP contribution in [0.2, 0.25) is 0 Å². The summed E-state index contributed by atoms with van der Waals surface area (Å²) >= 11 is 0. The van der Waals surface area contributed by atoms with Crippen LogP contribution in [0.15, 0.2) is 23.1 Å². The summed E-state index contributed by atoms with van der Waals surface area (Å²) in [5.41, 5.74) is 0. The summed E-state index contributed by atoms with van der Waals surface area (Å²) in [5.74, 6) is -2.78. The maximum atomic E-state index is 12.3. The van der Waals surface area contributed by atoms with Crippen LogP contribution in [0, 0.1) is 5.82 Å². The molecule has 8 heteroatoms. The SMILES string of the molecule is Oc1cc(F)cc(S(F)(F)(F)(F)F)c1. The maximum Gasteiger partial charge on any atom is 0.310 e. The zero-order valence-electron chi connectivity index (χ0n) is 6.36. The molecule has 0 atom stereocenters. The van der Waals surface area contributed by atoms with Crippen LogP contribution in [0.25, 0.3) is 0 Å². The van der Waals surface area contributed by atoms with E-state index in [2.05, 4.69) is 0 Å². The van der Waals surface area contributed by atoms with Crippen LogP contribution in [0.1, 0.15) is 0 Å². The minimum Gasteiger partial charge on any atom is -0.508 e. The third kappa shape index (κ3) is 2.47. The van der Waals surface area contributed by atoms with E-state index in [0.717, 1.165) is 0 Å². The van der Waals surface area contributed by atoms with Gasteiger partial charge in [-0.25, -0.2) is 4.39 Å². The molecule has 0 fully saturated rings. The summed E-state index contributed by atoms with van der Waals surface area (Å²) in [6.07, 6.45) is 0. The monoisotopic (exact) mass is 238 g/mol. The molecule has 0 aliphatic heterocycles. The predicted molar refractivity (Wildman–Crippen MR) is 39.5 cm³/mol. The van der Waals surface area contributed by atoms with Gasteiger partial charge in [0.25, 0.3) is 0 Å². The van der Waals surface area contributed by atoms with E-state index in [1.54, 1.807) is 0 Å². The van der Waals surface area contributed by atoms with Crippen molar-refractivity contribution in [3.63, 3.8) is 0 Å². The van der Waals surface area contributed by atoms with Gasteiger partial charge in [-0.3, -0.25) is 0 Å². The predicted octanol–water partition coefficient (Wildman–Crippen LogP) is 4.19. The summed E-state index contributed by atoms with van der Waals surface area (Å²) in [6.45, 7) is 0. The van der Waals surface area contributed by atoms with Crippen LogP contribution in [0.3, 0.4) is 0 Å². The van der Waals surface area contributed by atoms with Crippen molar-refractivity contribution in [3.05, 3.63) is 24.0 Å². The number of benzene rings is 1. The molecule has 14 heavy (non-hydrogen) atoms. The van der Waals surface area contributed by atoms with Gasteiger partial charge in [0.2, 0.25) is 0 Å². The first kappa shape index (κ1) is 11.0. The molecule has 0 aliphatic rings. The molecule has 0 spiro atoms. The molecule has 0 aliphatic carbocycles. The Morgan fingerprint density at radius 2 is 1.43 bits per heavy atom. The number of hydrogen-bond donors (Lipinski definition) is 1. The molecule has 1 aromatic carbocycles. The van der Waals surface area contributed by atoms with Gasteiger partial charge in [0.15, 0.2) is 0 Å². The molecule has 1 N–H and O–H groups in total. The van der Waals surface area contributed by atoms with Gasteiger partial charge in [0.1, 0.15) is 16.5 Å². The first-order chi connectivity index (χ1) is 5.88. The van der Waals surface area contributed by atoms with Crippen molar-refractivity contribution in [1.82, 2.24) is 0 Å². The number of aromatic hydroxyl groups is 1. The Morgan fingerprint density at radius 1 is 0.929 bits per heavy atom. The number of phenolic OH excluding ortho intramolecular Hbond substituents is 1. The highest BCUT2D eigenvalue weighted by Gasteiger charge is 2.65. The van der Waals surface area contributed by atoms with Crippen LogP contribution in [-0.4, -0.2) is 5.11 Å². The number of hydrogen-bond acceptors (Lipinski definition) is 1. The van der Waals surface area contributed by atoms with Crippen LogP contribution in [-0.2, 0) is 0 Å². The van der Waals surface area contributed by atoms with E-state index in [0.29, 0.717) is 6.07 Å². The van der Waals surface area contributed by atoms with E-state index in [-0.39, 0.29) is 12.1 Å². The fourth-order valence-electron chi connectivity index (χ4n) is 0.771. The smallest absolute Gasteiger partial charge is 0.310 e. The molecule has 0 saturated carbocycles. The summed E-state index contributed by atoms with van der Waals surface area (Å²) < 4.78 is 72.5. The van der Waals surface area contributed by atoms with Gasteiger partial charge in [-0.05, 0) is 6.07 Å². The fraction of sp³-hybridized carbons (Fsp3) is 0. The van der Waals surface area contributed by atoms with Gasteiger partial charge in [-0.2, -0.15) is 0 Å². The van der Waals surface area contributed by atoms with E-state index in [1.807, 2.05) is 0 Å². The molecule has 1 nitrogen and oxygen atoms in total. The van der Waals surface area contributed by atoms with Crippen molar-refractivity contribution in [2.75, 3.05) is 0 Å². The first-order valence-corrected chi connectivity index (χ1v) is 5.07. The average Bonchev–Trinajstić information content (AvgIpc) is 1.78. The highest BCUT2D eigenvalue weighted by atomic mass is 32.5. The molecule has 0 bridgehead atoms. The lowest BCUT2D eigenvalue weighted by Crippen LogP contribution is -2.06. The molecule has 0 amide bonds. The Morgan fingerprint density at radius 3 is 1.79 bits per heavy atom. The topological polar surface area (TPSA) is 20.2 Å². The molecule has 1 aromatic rings. The standard InChI is InChI=1S/C6H4F6OS/c7-4-1-5(13)3-6(2-4)14(8,9,10,11)12/h1-3,13H. The molecule has 82 valence electrons. The van der Waals surface area contributed by atoms with Crippen molar-refractivity contribution in [2.45, 2.75) is 4.90 Å². The van der Waals surface area contributed by atoms with Crippen molar-refractivity contribution in [2.24, 2.45) is 0 Å². The van der Waals surface area contributed by atoms with Crippen LogP contribution < -0.4 is 0 Å². The molecular weight excluding hydrogens is 234 g/mol. The summed E-state index contributed by atoms with van der Waals surface area (Å²) in [6, 6.07) is -0.279. The van der Waals surface area contributed by atoms with Gasteiger partial charge in [0.05, 0.1) is 0 Å². The van der Waals surface area contributed by atoms with Crippen molar-refractivity contribution >= 4 is 10.2 Å². The van der Waals surface area contributed by atoms with E-state index in [1.165, 1.54) is 0 Å². The van der Waals surface area contributed by atoms with Crippen LogP contribution >= 0.6 is 10.2 Å². The molecule has 0 saturated heterocycles. The van der Waals surface area contributed by atoms with E-state index in [4.69, 9.17) is 5.11 Å². The van der Waals surface area contributed by atoms with Crippen LogP contribution in [0.4, 0.5) is 23.8 Å². The normalized spacial score (nSPS) is 17.3. The highest BCUT2D eigenvalue weighted by molar-refractivity contribution is 8.45. The lowest BCUT2D eigenvalue weighted by molar-refractivity contribution is 0.361. The zero-order chi connectivity index (χ0) is 11.3. The minimum atomic E-state index is -9.90. The molecule has 0 radical (unpaired) electrons. The van der Waals surface area contributed by atoms with Crippen LogP contribution in [0.5, 0.6) is 5.75 Å². The molecule has 0 aromatic heterocycles. The molecule has 0 unspecified atom stereocenters. The number of halogens is 6. The second kappa shape index (κ2) is 2.13. The van der Waals surface area contributed by atoms with Gasteiger partial charge in [-0.1, -0.05) is 19.4 Å². The third-order valence-corrected chi connectivity index (χ3v) is 2.43. The second-order valence-electron chi connectivity index (χ2n) is 2.61. The highest BCUT2D eigenvalue weighted by Crippen LogP contribution is 3.02. The summed E-state index contributed by atoms with van der Waals surface area (Å²) in [5, 5.41) is 8.53. The maximum absolute atomic E-state index is 12.3. The van der Waals surface area contributed by atoms with Crippen molar-refractivity contribution < 1.29 is 28.9 Å². The van der Waals surface area contributed by atoms with E-state index < -0.39 is 26.7 Å². The number of phenols is 1. The number of rotatable bonds is 1. The summed E-state index contributed by atoms with van der Waals surface area (Å²) in [7, 11) is -9.90. The summed E-state index contributed by atoms with van der Waals surface area (Å²) in [4.78, 5) is -2.44. The van der Waals surface area contributed by atoms with Crippen molar-refractivity contribution in [1.29, 1.82) is 0 Å². The Kier molecular flexibility index (Phi) is 1.68. The lowest BCUT2D eigenvalue weighted by atomic mass is 10.3. The average molecular weight is 238 g/mol. The van der Waals surface area contributed by atoms with Gasteiger partial charge < -0.3 is 5.11 Å². The fourth-order valence-corrected chi connectivity index (χ4v) is 1.45. The quantitative estimate of drug-likeness (QED) is 0.727. The second-order valence-corrected chi connectivity index (χ2v) is 5.02. The van der Waals surface area contributed by atoms with E-state index in [9.17, 15) is 23.8 Å². The van der Waals surface area contributed by atoms with Gasteiger partial charge in [-0.15, -0.1) is 0 Å². The Labute approximate surface area is 74.7 Å². The largest absolute Gasteiger partial charge is 0.508 e.